The third-order valence-corrected chi connectivity index (χ3v) is 2.24. The molecule has 0 radical (unpaired) electrons. The van der Waals surface area contributed by atoms with Crippen LogP contribution in [-0.4, -0.2) is 36.3 Å². The second kappa shape index (κ2) is 7.07. The highest BCUT2D eigenvalue weighted by atomic mass is 16.7. The fraction of sp³-hybridized carbons (Fsp3) is 0.333. The molecule has 0 spiro atoms. The van der Waals surface area contributed by atoms with Gasteiger partial charge in [0.1, 0.15) is 18.2 Å². The van der Waals surface area contributed by atoms with Gasteiger partial charge in [-0.15, -0.1) is 0 Å². The molecule has 8 nitrogen and oxygen atoms in total. The number of aryl methyl sites for hydroxylation is 2. The maximum Gasteiger partial charge on any atom is 0.329 e. The summed E-state index contributed by atoms with van der Waals surface area (Å²) in [5.74, 6) is 0.194. The average molecular weight is 280 g/mol. The molecule has 0 amide bonds. The van der Waals surface area contributed by atoms with Crippen LogP contribution in [0.4, 0.5) is 0 Å². The minimum absolute atomic E-state index is 0.00810. The predicted octanol–water partition coefficient (Wildman–Crippen LogP) is 0.443. The van der Waals surface area contributed by atoms with Gasteiger partial charge in [-0.2, -0.15) is 4.73 Å². The van der Waals surface area contributed by atoms with Gasteiger partial charge in [-0.05, 0) is 13.8 Å². The van der Waals surface area contributed by atoms with Gasteiger partial charge in [0, 0.05) is 25.5 Å². The van der Waals surface area contributed by atoms with E-state index in [-0.39, 0.29) is 12.5 Å². The van der Waals surface area contributed by atoms with Gasteiger partial charge >= 0.3 is 11.9 Å². The first-order chi connectivity index (χ1) is 9.40. The van der Waals surface area contributed by atoms with Gasteiger partial charge in [0.05, 0.1) is 6.20 Å². The third kappa shape index (κ3) is 4.92. The molecule has 2 aromatic heterocycles. The molecule has 1 N–H and O–H groups in total. The van der Waals surface area contributed by atoms with Gasteiger partial charge in [-0.3, -0.25) is 4.79 Å². The Morgan fingerprint density at radius 3 is 2.20 bits per heavy atom. The Kier molecular flexibility index (Phi) is 5.45. The number of aliphatic carboxylic acids is 1. The first-order valence-corrected chi connectivity index (χ1v) is 5.78. The lowest BCUT2D eigenvalue weighted by Gasteiger charge is -2.00. The minimum atomic E-state index is -0.846. The van der Waals surface area contributed by atoms with Crippen LogP contribution in [0.15, 0.2) is 24.8 Å². The van der Waals surface area contributed by atoms with Crippen LogP contribution in [0.3, 0.4) is 0 Å². The van der Waals surface area contributed by atoms with Gasteiger partial charge in [0.15, 0.2) is 0 Å². The molecule has 0 saturated heterocycles. The van der Waals surface area contributed by atoms with E-state index in [0.29, 0.717) is 5.82 Å². The summed E-state index contributed by atoms with van der Waals surface area (Å²) < 4.78 is 2.89. The highest BCUT2D eigenvalue weighted by molar-refractivity contribution is 5.66. The number of hydrogen-bond donors (Lipinski definition) is 1. The van der Waals surface area contributed by atoms with E-state index >= 15 is 0 Å². The fourth-order valence-electron chi connectivity index (χ4n) is 1.32. The van der Waals surface area contributed by atoms with E-state index in [2.05, 4.69) is 9.97 Å². The normalized spacial score (nSPS) is 9.55. The van der Waals surface area contributed by atoms with Crippen LogP contribution >= 0.6 is 0 Å². The highest BCUT2D eigenvalue weighted by Crippen LogP contribution is 1.93. The lowest BCUT2D eigenvalue weighted by atomic mass is 10.6. The summed E-state index contributed by atoms with van der Waals surface area (Å²) in [6.45, 7) is 4.86. The Balaban J connectivity index is 0.000000200. The first kappa shape index (κ1) is 15.4. The molecule has 2 heterocycles. The summed E-state index contributed by atoms with van der Waals surface area (Å²) in [7, 11) is 0. The number of nitrogens with zero attached hydrogens (tertiary/aromatic N) is 4. The van der Waals surface area contributed by atoms with Crippen molar-refractivity contribution >= 4 is 11.9 Å². The fourth-order valence-corrected chi connectivity index (χ4v) is 1.32. The summed E-state index contributed by atoms with van der Waals surface area (Å²) in [6.07, 6.45) is 6.37. The maximum atomic E-state index is 10.4. The van der Waals surface area contributed by atoms with Crippen molar-refractivity contribution in [1.82, 2.24) is 19.3 Å². The lowest BCUT2D eigenvalue weighted by molar-refractivity contribution is -0.141. The number of hydrogen-bond acceptors (Lipinski definition) is 5. The zero-order chi connectivity index (χ0) is 15.1. The van der Waals surface area contributed by atoms with Crippen molar-refractivity contribution in [2.24, 2.45) is 0 Å². The van der Waals surface area contributed by atoms with Crippen LogP contribution in [-0.2, 0) is 16.1 Å². The largest absolute Gasteiger partial charge is 0.480 e. The molecule has 0 fully saturated rings. The second-order valence-corrected chi connectivity index (χ2v) is 3.88. The van der Waals surface area contributed by atoms with Crippen molar-refractivity contribution in [1.29, 1.82) is 0 Å². The zero-order valence-corrected chi connectivity index (χ0v) is 11.5. The van der Waals surface area contributed by atoms with Crippen LogP contribution in [0.25, 0.3) is 0 Å². The molecular formula is C12H16N4O4. The van der Waals surface area contributed by atoms with Crippen LogP contribution in [0, 0.1) is 13.8 Å². The number of carbonyl (C=O) groups is 2. The smallest absolute Gasteiger partial charge is 0.329 e. The SMILES string of the molecule is CC(=O)On1ccnc1C.Cc1nccn1CC(=O)O. The number of carboxylic acid groups (broad SMARTS) is 1. The summed E-state index contributed by atoms with van der Waals surface area (Å²) in [5, 5.41) is 8.36. The molecule has 0 atom stereocenters. The van der Waals surface area contributed by atoms with Crippen molar-refractivity contribution in [2.45, 2.75) is 27.3 Å². The first-order valence-electron chi connectivity index (χ1n) is 5.78. The van der Waals surface area contributed by atoms with Crippen LogP contribution in [0.5, 0.6) is 0 Å². The average Bonchev–Trinajstić information content (AvgIpc) is 2.90. The van der Waals surface area contributed by atoms with Gasteiger partial charge in [0.25, 0.3) is 0 Å². The zero-order valence-electron chi connectivity index (χ0n) is 11.5. The van der Waals surface area contributed by atoms with E-state index < -0.39 is 5.97 Å². The Labute approximate surface area is 115 Å². The summed E-state index contributed by atoms with van der Waals surface area (Å²) in [4.78, 5) is 33.0. The quantitative estimate of drug-likeness (QED) is 0.876. The third-order valence-electron chi connectivity index (χ3n) is 2.24. The molecule has 2 aromatic rings. The highest BCUT2D eigenvalue weighted by Gasteiger charge is 2.00. The van der Waals surface area contributed by atoms with Gasteiger partial charge in [-0.1, -0.05) is 0 Å². The van der Waals surface area contributed by atoms with Crippen LogP contribution < -0.4 is 4.84 Å². The van der Waals surface area contributed by atoms with E-state index in [0.717, 1.165) is 5.82 Å². The standard InChI is InChI=1S/2C6H8N2O2/c1-5-7-3-4-8(5)10-6(2)9;1-5-7-2-3-8(5)4-6(9)10/h3-4H,1-2H3;2-3H,4H2,1H3,(H,9,10). The van der Waals surface area contributed by atoms with Crippen LogP contribution in [0.2, 0.25) is 0 Å². The Bertz CT molecular complexity index is 536. The van der Waals surface area contributed by atoms with Crippen molar-refractivity contribution in [3.8, 4) is 0 Å². The summed E-state index contributed by atoms with van der Waals surface area (Å²) in [6, 6.07) is 0. The lowest BCUT2D eigenvalue weighted by Crippen LogP contribution is -2.16. The number of imidazole rings is 2. The van der Waals surface area contributed by atoms with Crippen LogP contribution in [0.1, 0.15) is 18.6 Å². The minimum Gasteiger partial charge on any atom is -0.480 e. The molecular weight excluding hydrogens is 264 g/mol. The second-order valence-electron chi connectivity index (χ2n) is 3.88. The van der Waals surface area contributed by atoms with E-state index in [4.69, 9.17) is 9.94 Å². The Morgan fingerprint density at radius 1 is 1.20 bits per heavy atom. The molecule has 2 rings (SSSR count). The molecule has 8 heteroatoms. The predicted molar refractivity (Wildman–Crippen MR) is 68.8 cm³/mol. The summed E-state index contributed by atoms with van der Waals surface area (Å²) in [5.41, 5.74) is 0. The number of rotatable bonds is 3. The number of aromatic nitrogens is 4. The Hall–Kier alpha value is -2.64. The molecule has 0 bridgehead atoms. The monoisotopic (exact) mass is 280 g/mol. The van der Waals surface area contributed by atoms with Crippen molar-refractivity contribution < 1.29 is 19.5 Å². The van der Waals surface area contributed by atoms with Gasteiger partial charge in [0.2, 0.25) is 0 Å². The molecule has 0 saturated carbocycles. The van der Waals surface area contributed by atoms with E-state index in [1.54, 1.807) is 43.2 Å². The van der Waals surface area contributed by atoms with E-state index in [1.165, 1.54) is 11.7 Å². The van der Waals surface area contributed by atoms with Crippen molar-refractivity contribution in [3.63, 3.8) is 0 Å². The van der Waals surface area contributed by atoms with Crippen molar-refractivity contribution in [2.75, 3.05) is 0 Å². The maximum absolute atomic E-state index is 10.4. The summed E-state index contributed by atoms with van der Waals surface area (Å²) >= 11 is 0. The topological polar surface area (TPSA) is 99.2 Å². The number of carboxylic acids is 1. The van der Waals surface area contributed by atoms with Gasteiger partial charge in [-0.25, -0.2) is 14.8 Å². The van der Waals surface area contributed by atoms with Gasteiger partial charge < -0.3 is 14.5 Å². The molecule has 0 unspecified atom stereocenters. The molecule has 0 aliphatic rings. The molecule has 108 valence electrons. The Morgan fingerprint density at radius 2 is 1.80 bits per heavy atom. The molecule has 0 aromatic carbocycles. The molecule has 0 aliphatic carbocycles. The van der Waals surface area contributed by atoms with E-state index in [1.807, 2.05) is 0 Å². The van der Waals surface area contributed by atoms with E-state index in [9.17, 15) is 9.59 Å². The number of carbonyl (C=O) groups excluding carboxylic acids is 1. The molecule has 20 heavy (non-hydrogen) atoms. The van der Waals surface area contributed by atoms with Crippen molar-refractivity contribution in [3.05, 3.63) is 36.4 Å². The molecule has 0 aliphatic heterocycles.